The SMILES string of the molecule is C=CC(=O)NCCN(CCCN(CCCNC=O)C(=O)C=C)C(=O)C=C. The quantitative estimate of drug-likeness (QED) is 0.240. The summed E-state index contributed by atoms with van der Waals surface area (Å²) in [6.07, 6.45) is 5.43. The minimum absolute atomic E-state index is 0.198. The molecule has 0 unspecified atom stereocenters. The number of hydrogen-bond donors (Lipinski definition) is 2. The van der Waals surface area contributed by atoms with Crippen molar-refractivity contribution in [1.29, 1.82) is 0 Å². The van der Waals surface area contributed by atoms with Crippen molar-refractivity contribution in [2.75, 3.05) is 39.3 Å². The maximum atomic E-state index is 11.9. The Kier molecular flexibility index (Phi) is 12.8. The first-order valence-corrected chi connectivity index (χ1v) is 8.40. The van der Waals surface area contributed by atoms with E-state index in [-0.39, 0.29) is 17.7 Å². The van der Waals surface area contributed by atoms with Gasteiger partial charge in [0.15, 0.2) is 0 Å². The molecule has 0 rings (SSSR count). The second-order valence-corrected chi connectivity index (χ2v) is 5.33. The maximum absolute atomic E-state index is 11.9. The number of hydrogen-bond acceptors (Lipinski definition) is 4. The smallest absolute Gasteiger partial charge is 0.246 e. The minimum atomic E-state index is -0.303. The molecule has 26 heavy (non-hydrogen) atoms. The molecule has 0 saturated carbocycles. The number of carbonyl (C=O) groups is 4. The monoisotopic (exact) mass is 364 g/mol. The Balaban J connectivity index is 4.48. The van der Waals surface area contributed by atoms with Crippen LogP contribution in [0.25, 0.3) is 0 Å². The Bertz CT molecular complexity index is 519. The summed E-state index contributed by atoms with van der Waals surface area (Å²) < 4.78 is 0. The van der Waals surface area contributed by atoms with Crippen LogP contribution in [-0.2, 0) is 19.2 Å². The van der Waals surface area contributed by atoms with Crippen LogP contribution in [0.1, 0.15) is 12.8 Å². The van der Waals surface area contributed by atoms with Crippen molar-refractivity contribution >= 4 is 24.1 Å². The summed E-state index contributed by atoms with van der Waals surface area (Å²) in [5, 5.41) is 5.15. The molecule has 0 bridgehead atoms. The Labute approximate surface area is 154 Å². The Hall–Kier alpha value is -2.90. The zero-order valence-corrected chi connectivity index (χ0v) is 15.1. The van der Waals surface area contributed by atoms with Gasteiger partial charge in [-0.25, -0.2) is 0 Å². The largest absolute Gasteiger partial charge is 0.359 e. The van der Waals surface area contributed by atoms with Gasteiger partial charge in [-0.3, -0.25) is 19.2 Å². The fourth-order valence-electron chi connectivity index (χ4n) is 2.19. The Morgan fingerprint density at radius 3 is 1.81 bits per heavy atom. The van der Waals surface area contributed by atoms with Crippen molar-refractivity contribution < 1.29 is 19.2 Å². The molecule has 0 aromatic rings. The van der Waals surface area contributed by atoms with Gasteiger partial charge in [0.25, 0.3) is 0 Å². The Morgan fingerprint density at radius 2 is 1.31 bits per heavy atom. The first kappa shape index (κ1) is 23.1. The lowest BCUT2D eigenvalue weighted by Crippen LogP contribution is -2.40. The van der Waals surface area contributed by atoms with Crippen molar-refractivity contribution in [3.63, 3.8) is 0 Å². The molecule has 0 aliphatic carbocycles. The molecule has 0 aromatic heterocycles. The van der Waals surface area contributed by atoms with Crippen molar-refractivity contribution in [2.45, 2.75) is 12.8 Å². The molecule has 0 aliphatic rings. The highest BCUT2D eigenvalue weighted by atomic mass is 16.2. The first-order chi connectivity index (χ1) is 12.5. The molecule has 0 aromatic carbocycles. The fourth-order valence-corrected chi connectivity index (χ4v) is 2.19. The summed E-state index contributed by atoms with van der Waals surface area (Å²) in [7, 11) is 0. The van der Waals surface area contributed by atoms with E-state index in [1.807, 2.05) is 0 Å². The summed E-state index contributed by atoms with van der Waals surface area (Å²) in [4.78, 5) is 48.4. The summed E-state index contributed by atoms with van der Waals surface area (Å²) in [6, 6.07) is 0. The van der Waals surface area contributed by atoms with E-state index in [9.17, 15) is 19.2 Å². The molecule has 0 heterocycles. The molecule has 4 amide bonds. The summed E-state index contributed by atoms with van der Waals surface area (Å²) >= 11 is 0. The standard InChI is InChI=1S/C18H28N4O4/c1-4-16(24)20-10-14-22(18(26)6-3)13-8-12-21(17(25)5-2)11-7-9-19-15-23/h4-6,15H,1-3,7-14H2,(H,19,23)(H,20,24). The van der Waals surface area contributed by atoms with Crippen LogP contribution < -0.4 is 10.6 Å². The molecule has 0 fully saturated rings. The van der Waals surface area contributed by atoms with E-state index in [0.29, 0.717) is 58.5 Å². The third kappa shape index (κ3) is 10.1. The molecule has 0 radical (unpaired) electrons. The van der Waals surface area contributed by atoms with Gasteiger partial charge in [-0.2, -0.15) is 0 Å². The van der Waals surface area contributed by atoms with Gasteiger partial charge >= 0.3 is 0 Å². The molecule has 0 saturated heterocycles. The molecule has 8 heteroatoms. The van der Waals surface area contributed by atoms with Crippen LogP contribution in [0.4, 0.5) is 0 Å². The van der Waals surface area contributed by atoms with Crippen LogP contribution in [0.5, 0.6) is 0 Å². The van der Waals surface area contributed by atoms with Gasteiger partial charge in [-0.05, 0) is 31.1 Å². The van der Waals surface area contributed by atoms with Crippen LogP contribution >= 0.6 is 0 Å². The van der Waals surface area contributed by atoms with Gasteiger partial charge in [-0.15, -0.1) is 0 Å². The van der Waals surface area contributed by atoms with E-state index < -0.39 is 0 Å². The lowest BCUT2D eigenvalue weighted by atomic mass is 10.3. The van der Waals surface area contributed by atoms with Gasteiger partial charge in [0.1, 0.15) is 0 Å². The molecular formula is C18H28N4O4. The van der Waals surface area contributed by atoms with Gasteiger partial charge < -0.3 is 20.4 Å². The van der Waals surface area contributed by atoms with Gasteiger partial charge in [0.2, 0.25) is 24.1 Å². The molecule has 0 aliphatic heterocycles. The van der Waals surface area contributed by atoms with Crippen LogP contribution in [0.15, 0.2) is 38.0 Å². The third-order valence-corrected chi connectivity index (χ3v) is 3.53. The summed E-state index contributed by atoms with van der Waals surface area (Å²) in [5.41, 5.74) is 0. The average Bonchev–Trinajstić information content (AvgIpc) is 2.66. The number of nitrogens with one attached hydrogen (secondary N) is 2. The maximum Gasteiger partial charge on any atom is 0.246 e. The average molecular weight is 364 g/mol. The van der Waals surface area contributed by atoms with Crippen molar-refractivity contribution in [3.05, 3.63) is 38.0 Å². The second kappa shape index (κ2) is 14.4. The van der Waals surface area contributed by atoms with E-state index >= 15 is 0 Å². The lowest BCUT2D eigenvalue weighted by Gasteiger charge is -2.25. The van der Waals surface area contributed by atoms with Crippen molar-refractivity contribution in [2.24, 2.45) is 0 Å². The second-order valence-electron chi connectivity index (χ2n) is 5.33. The predicted molar refractivity (Wildman–Crippen MR) is 100 cm³/mol. The summed E-state index contributed by atoms with van der Waals surface area (Å²) in [5.74, 6) is -0.742. The van der Waals surface area contributed by atoms with Crippen LogP contribution in [0.3, 0.4) is 0 Å². The lowest BCUT2D eigenvalue weighted by molar-refractivity contribution is -0.127. The normalized spacial score (nSPS) is 9.54. The van der Waals surface area contributed by atoms with Crippen LogP contribution in [0, 0.1) is 0 Å². The molecule has 2 N–H and O–H groups in total. The minimum Gasteiger partial charge on any atom is -0.359 e. The first-order valence-electron chi connectivity index (χ1n) is 8.40. The van der Waals surface area contributed by atoms with Crippen LogP contribution in [-0.4, -0.2) is 73.2 Å². The van der Waals surface area contributed by atoms with E-state index in [0.717, 1.165) is 6.08 Å². The number of rotatable bonds is 15. The zero-order chi connectivity index (χ0) is 19.8. The number of amides is 4. The number of carbonyl (C=O) groups excluding carboxylic acids is 4. The summed E-state index contributed by atoms with van der Waals surface area (Å²) in [6.45, 7) is 12.8. The number of nitrogens with zero attached hydrogens (tertiary/aromatic N) is 2. The molecular weight excluding hydrogens is 336 g/mol. The van der Waals surface area contributed by atoms with Gasteiger partial charge in [0.05, 0.1) is 0 Å². The molecule has 0 spiro atoms. The molecule has 144 valence electrons. The van der Waals surface area contributed by atoms with Crippen LogP contribution in [0.2, 0.25) is 0 Å². The zero-order valence-electron chi connectivity index (χ0n) is 15.1. The highest BCUT2D eigenvalue weighted by Crippen LogP contribution is 2.00. The van der Waals surface area contributed by atoms with E-state index in [1.54, 1.807) is 9.80 Å². The van der Waals surface area contributed by atoms with Crippen molar-refractivity contribution in [3.8, 4) is 0 Å². The van der Waals surface area contributed by atoms with E-state index in [2.05, 4.69) is 30.4 Å². The van der Waals surface area contributed by atoms with Gasteiger partial charge in [0, 0.05) is 39.3 Å². The van der Waals surface area contributed by atoms with E-state index in [1.165, 1.54) is 12.2 Å². The Morgan fingerprint density at radius 1 is 0.769 bits per heavy atom. The fraction of sp³-hybridized carbons (Fsp3) is 0.444. The van der Waals surface area contributed by atoms with Crippen molar-refractivity contribution in [1.82, 2.24) is 20.4 Å². The van der Waals surface area contributed by atoms with Gasteiger partial charge in [-0.1, -0.05) is 19.7 Å². The van der Waals surface area contributed by atoms with E-state index in [4.69, 9.17) is 0 Å². The molecule has 0 atom stereocenters. The molecule has 8 nitrogen and oxygen atoms in total. The highest BCUT2D eigenvalue weighted by Gasteiger charge is 2.13. The third-order valence-electron chi connectivity index (χ3n) is 3.53. The topological polar surface area (TPSA) is 98.8 Å². The highest BCUT2D eigenvalue weighted by molar-refractivity contribution is 5.88. The predicted octanol–water partition coefficient (Wildman–Crippen LogP) is -0.156.